The second-order valence-electron chi connectivity index (χ2n) is 6.13. The van der Waals surface area contributed by atoms with E-state index < -0.39 is 0 Å². The Balaban J connectivity index is 1.45. The highest BCUT2D eigenvalue weighted by Gasteiger charge is 2.17. The van der Waals surface area contributed by atoms with Gasteiger partial charge in [0.25, 0.3) is 0 Å². The van der Waals surface area contributed by atoms with Gasteiger partial charge in [0.05, 0.1) is 18.9 Å². The molecule has 0 saturated heterocycles. The third kappa shape index (κ3) is 2.97. The summed E-state index contributed by atoms with van der Waals surface area (Å²) in [6, 6.07) is 9.48. The highest BCUT2D eigenvalue weighted by atomic mass is 16.3. The van der Waals surface area contributed by atoms with Crippen LogP contribution in [0.15, 0.2) is 47.4 Å². The number of aromatic amines is 1. The van der Waals surface area contributed by atoms with Gasteiger partial charge in [-0.05, 0) is 19.1 Å². The van der Waals surface area contributed by atoms with E-state index >= 15 is 0 Å². The molecule has 0 fully saturated rings. The van der Waals surface area contributed by atoms with Crippen LogP contribution >= 0.6 is 0 Å². The molecule has 8 heteroatoms. The van der Waals surface area contributed by atoms with Crippen LogP contribution in [0, 0.1) is 0 Å². The maximum absolute atomic E-state index is 12.4. The van der Waals surface area contributed by atoms with Crippen LogP contribution in [-0.2, 0) is 4.79 Å². The molecule has 1 atom stereocenters. The van der Waals surface area contributed by atoms with Crippen molar-refractivity contribution in [3.63, 3.8) is 0 Å². The lowest BCUT2D eigenvalue weighted by Crippen LogP contribution is -2.36. The highest BCUT2D eigenvalue weighted by Crippen LogP contribution is 2.23. The SMILES string of the molecule is CC(NC(=O)CN(C)c1ncnc2nc[nH]c12)c1cc2ccccc2o1. The second kappa shape index (κ2) is 6.47. The van der Waals surface area contributed by atoms with Gasteiger partial charge in [0, 0.05) is 12.4 Å². The van der Waals surface area contributed by atoms with Gasteiger partial charge in [-0.2, -0.15) is 0 Å². The van der Waals surface area contributed by atoms with E-state index in [0.717, 1.165) is 16.7 Å². The molecule has 132 valence electrons. The molecule has 1 aromatic carbocycles. The molecule has 3 heterocycles. The molecule has 4 aromatic rings. The van der Waals surface area contributed by atoms with Crippen LogP contribution in [0.4, 0.5) is 5.82 Å². The Morgan fingerprint density at radius 3 is 3.00 bits per heavy atom. The zero-order valence-corrected chi connectivity index (χ0v) is 14.4. The number of anilines is 1. The molecule has 1 amide bonds. The van der Waals surface area contributed by atoms with Gasteiger partial charge in [-0.1, -0.05) is 18.2 Å². The number of para-hydroxylation sites is 1. The van der Waals surface area contributed by atoms with Crippen LogP contribution in [-0.4, -0.2) is 39.4 Å². The number of likely N-dealkylation sites (N-methyl/N-ethyl adjacent to an activating group) is 1. The fraction of sp³-hybridized carbons (Fsp3) is 0.222. The first kappa shape index (κ1) is 16.1. The van der Waals surface area contributed by atoms with Crippen molar-refractivity contribution in [3.8, 4) is 0 Å². The lowest BCUT2D eigenvalue weighted by atomic mass is 10.2. The van der Waals surface area contributed by atoms with Crippen LogP contribution in [0.1, 0.15) is 18.7 Å². The van der Waals surface area contributed by atoms with Crippen molar-refractivity contribution >= 4 is 33.9 Å². The monoisotopic (exact) mass is 350 g/mol. The first-order valence-corrected chi connectivity index (χ1v) is 8.25. The summed E-state index contributed by atoms with van der Waals surface area (Å²) in [4.78, 5) is 29.6. The molecule has 0 aliphatic rings. The molecule has 4 rings (SSSR count). The van der Waals surface area contributed by atoms with E-state index in [1.165, 1.54) is 6.33 Å². The normalized spacial score (nSPS) is 12.4. The second-order valence-corrected chi connectivity index (χ2v) is 6.13. The number of hydrogen-bond acceptors (Lipinski definition) is 6. The van der Waals surface area contributed by atoms with Crippen LogP contribution in [0.25, 0.3) is 22.1 Å². The summed E-state index contributed by atoms with van der Waals surface area (Å²) in [6.45, 7) is 2.04. The molecule has 0 aliphatic carbocycles. The number of hydrogen-bond donors (Lipinski definition) is 2. The van der Waals surface area contributed by atoms with Gasteiger partial charge < -0.3 is 19.6 Å². The standard InChI is InChI=1S/C18H18N6O2/c1-11(14-7-12-5-3-4-6-13(12)26-14)23-15(25)8-24(2)18-16-17(20-9-19-16)21-10-22-18/h3-7,9-11H,8H2,1-2H3,(H,23,25)(H,19,20,21,22). The van der Waals surface area contributed by atoms with Gasteiger partial charge in [0.15, 0.2) is 11.5 Å². The minimum absolute atomic E-state index is 0.133. The average molecular weight is 350 g/mol. The molecule has 0 spiro atoms. The summed E-state index contributed by atoms with van der Waals surface area (Å²) >= 11 is 0. The van der Waals surface area contributed by atoms with Crippen LogP contribution in [0.3, 0.4) is 0 Å². The number of H-pyrrole nitrogens is 1. The third-order valence-corrected chi connectivity index (χ3v) is 4.19. The number of furan rings is 1. The van der Waals surface area contributed by atoms with Crippen LogP contribution in [0.5, 0.6) is 0 Å². The summed E-state index contributed by atoms with van der Waals surface area (Å²) in [6.07, 6.45) is 2.99. The smallest absolute Gasteiger partial charge is 0.240 e. The molecule has 2 N–H and O–H groups in total. The van der Waals surface area contributed by atoms with Crippen molar-refractivity contribution < 1.29 is 9.21 Å². The zero-order valence-electron chi connectivity index (χ0n) is 14.4. The van der Waals surface area contributed by atoms with Gasteiger partial charge in [-0.25, -0.2) is 15.0 Å². The molecule has 3 aromatic heterocycles. The summed E-state index contributed by atoms with van der Waals surface area (Å²) in [5, 5.41) is 3.97. The fourth-order valence-electron chi connectivity index (χ4n) is 2.91. The van der Waals surface area contributed by atoms with Crippen LogP contribution in [0.2, 0.25) is 0 Å². The Hall–Kier alpha value is -3.42. The maximum Gasteiger partial charge on any atom is 0.240 e. The maximum atomic E-state index is 12.4. The Morgan fingerprint density at radius 1 is 1.31 bits per heavy atom. The van der Waals surface area contributed by atoms with E-state index in [1.54, 1.807) is 18.3 Å². The van der Waals surface area contributed by atoms with Gasteiger partial charge in [-0.15, -0.1) is 0 Å². The molecular weight excluding hydrogens is 332 g/mol. The molecule has 1 unspecified atom stereocenters. The highest BCUT2D eigenvalue weighted by molar-refractivity contribution is 5.87. The zero-order chi connectivity index (χ0) is 18.1. The van der Waals surface area contributed by atoms with Gasteiger partial charge >= 0.3 is 0 Å². The number of amides is 1. The number of carbonyl (C=O) groups is 1. The molecule has 0 saturated carbocycles. The van der Waals surface area contributed by atoms with E-state index in [1.807, 2.05) is 37.3 Å². The van der Waals surface area contributed by atoms with E-state index in [9.17, 15) is 4.79 Å². The lowest BCUT2D eigenvalue weighted by molar-refractivity contribution is -0.120. The number of nitrogens with zero attached hydrogens (tertiary/aromatic N) is 4. The van der Waals surface area contributed by atoms with Crippen molar-refractivity contribution in [2.24, 2.45) is 0 Å². The van der Waals surface area contributed by atoms with E-state index in [0.29, 0.717) is 17.0 Å². The number of rotatable bonds is 5. The van der Waals surface area contributed by atoms with Crippen molar-refractivity contribution in [1.82, 2.24) is 25.3 Å². The Bertz CT molecular complexity index is 1040. The van der Waals surface area contributed by atoms with Gasteiger partial charge in [0.2, 0.25) is 5.91 Å². The number of carbonyl (C=O) groups excluding carboxylic acids is 1. The number of benzene rings is 1. The predicted molar refractivity (Wildman–Crippen MR) is 97.7 cm³/mol. The predicted octanol–water partition coefficient (Wildman–Crippen LogP) is 2.41. The topological polar surface area (TPSA) is 99.9 Å². The third-order valence-electron chi connectivity index (χ3n) is 4.19. The number of aromatic nitrogens is 4. The summed E-state index contributed by atoms with van der Waals surface area (Å²) < 4.78 is 5.81. The van der Waals surface area contributed by atoms with Crippen molar-refractivity contribution in [2.75, 3.05) is 18.5 Å². The molecule has 8 nitrogen and oxygen atoms in total. The lowest BCUT2D eigenvalue weighted by Gasteiger charge is -2.19. The van der Waals surface area contributed by atoms with E-state index in [-0.39, 0.29) is 18.5 Å². The quantitative estimate of drug-likeness (QED) is 0.573. The minimum Gasteiger partial charge on any atom is -0.459 e. The first-order chi connectivity index (χ1) is 12.6. The van der Waals surface area contributed by atoms with Crippen LogP contribution < -0.4 is 10.2 Å². The van der Waals surface area contributed by atoms with Crippen molar-refractivity contribution in [2.45, 2.75) is 13.0 Å². The number of imidazole rings is 1. The summed E-state index contributed by atoms with van der Waals surface area (Å²) in [7, 11) is 1.80. The number of fused-ring (bicyclic) bond motifs is 2. The molecule has 0 aliphatic heterocycles. The molecule has 0 bridgehead atoms. The van der Waals surface area contributed by atoms with Crippen molar-refractivity contribution in [3.05, 3.63) is 48.7 Å². The van der Waals surface area contributed by atoms with Gasteiger partial charge in [0.1, 0.15) is 23.2 Å². The Morgan fingerprint density at radius 2 is 2.15 bits per heavy atom. The summed E-state index contributed by atoms with van der Waals surface area (Å²) in [5.41, 5.74) is 2.08. The first-order valence-electron chi connectivity index (χ1n) is 8.25. The fourth-order valence-corrected chi connectivity index (χ4v) is 2.91. The molecule has 26 heavy (non-hydrogen) atoms. The van der Waals surface area contributed by atoms with E-state index in [4.69, 9.17) is 4.42 Å². The molecule has 0 radical (unpaired) electrons. The Kier molecular flexibility index (Phi) is 4.00. The molecular formula is C18H18N6O2. The Labute approximate surface area is 149 Å². The summed E-state index contributed by atoms with van der Waals surface area (Å²) in [5.74, 6) is 1.21. The van der Waals surface area contributed by atoms with Gasteiger partial charge in [-0.3, -0.25) is 4.79 Å². The average Bonchev–Trinajstić information content (AvgIpc) is 3.27. The minimum atomic E-state index is -0.235. The van der Waals surface area contributed by atoms with E-state index in [2.05, 4.69) is 25.3 Å². The van der Waals surface area contributed by atoms with Crippen molar-refractivity contribution in [1.29, 1.82) is 0 Å². The number of nitrogens with one attached hydrogen (secondary N) is 2. The largest absolute Gasteiger partial charge is 0.459 e.